The minimum Gasteiger partial charge on any atom is -0.465 e. The first kappa shape index (κ1) is 14.1. The molecule has 1 aromatic carbocycles. The van der Waals surface area contributed by atoms with Gasteiger partial charge < -0.3 is 10.1 Å². The summed E-state index contributed by atoms with van der Waals surface area (Å²) in [7, 11) is 0. The van der Waals surface area contributed by atoms with Gasteiger partial charge >= 0.3 is 5.97 Å². The predicted molar refractivity (Wildman–Crippen MR) is 75.9 cm³/mol. The number of hydrogen-bond donors (Lipinski definition) is 1. The molecule has 0 radical (unpaired) electrons. The molecule has 1 aliphatic rings. The van der Waals surface area contributed by atoms with Crippen molar-refractivity contribution in [3.63, 3.8) is 0 Å². The minimum absolute atomic E-state index is 0.174. The molecule has 0 heterocycles. The molecule has 1 aliphatic carbocycles. The van der Waals surface area contributed by atoms with Crippen molar-refractivity contribution in [2.24, 2.45) is 5.92 Å². The zero-order valence-electron chi connectivity index (χ0n) is 11.8. The number of carbonyl (C=O) groups excluding carboxylic acids is 1. The van der Waals surface area contributed by atoms with Gasteiger partial charge in [0, 0.05) is 0 Å². The summed E-state index contributed by atoms with van der Waals surface area (Å²) < 4.78 is 5.17. The van der Waals surface area contributed by atoms with Crippen LogP contribution in [0.1, 0.15) is 43.9 Å². The van der Waals surface area contributed by atoms with E-state index in [-0.39, 0.29) is 12.0 Å². The van der Waals surface area contributed by atoms with Crippen molar-refractivity contribution >= 4 is 5.97 Å². The number of aryl methyl sites for hydroxylation is 1. The van der Waals surface area contributed by atoms with E-state index in [2.05, 4.69) is 24.4 Å². The van der Waals surface area contributed by atoms with Crippen LogP contribution in [0.5, 0.6) is 0 Å². The number of nitrogens with one attached hydrogen (secondary N) is 1. The maximum Gasteiger partial charge on any atom is 0.327 e. The van der Waals surface area contributed by atoms with Crippen molar-refractivity contribution in [1.29, 1.82) is 0 Å². The first-order valence-electron chi connectivity index (χ1n) is 7.23. The summed E-state index contributed by atoms with van der Waals surface area (Å²) in [6.07, 6.45) is 3.56. The lowest BCUT2D eigenvalue weighted by Crippen LogP contribution is -2.31. The Morgan fingerprint density at radius 3 is 2.53 bits per heavy atom. The Labute approximate surface area is 115 Å². The third-order valence-electron chi connectivity index (χ3n) is 3.55. The van der Waals surface area contributed by atoms with Crippen LogP contribution in [-0.2, 0) is 16.0 Å². The summed E-state index contributed by atoms with van der Waals surface area (Å²) in [6, 6.07) is 7.90. The van der Waals surface area contributed by atoms with Gasteiger partial charge in [-0.2, -0.15) is 0 Å². The average Bonchev–Trinajstić information content (AvgIpc) is 3.24. The van der Waals surface area contributed by atoms with Crippen LogP contribution in [0.3, 0.4) is 0 Å². The van der Waals surface area contributed by atoms with E-state index in [9.17, 15) is 4.79 Å². The van der Waals surface area contributed by atoms with Gasteiger partial charge in [-0.1, -0.05) is 31.2 Å². The molecule has 19 heavy (non-hydrogen) atoms. The van der Waals surface area contributed by atoms with Crippen molar-refractivity contribution in [1.82, 2.24) is 5.32 Å². The summed E-state index contributed by atoms with van der Waals surface area (Å²) >= 11 is 0. The van der Waals surface area contributed by atoms with Crippen LogP contribution >= 0.6 is 0 Å². The van der Waals surface area contributed by atoms with Crippen LogP contribution in [0.15, 0.2) is 24.3 Å². The SMILES string of the molecule is CCOC(=O)C(NCC1CC1)c1ccc(CC)cc1. The number of esters is 1. The number of benzene rings is 1. The Balaban J connectivity index is 2.06. The van der Waals surface area contributed by atoms with Gasteiger partial charge in [0.1, 0.15) is 6.04 Å². The summed E-state index contributed by atoms with van der Waals surface area (Å²) in [5, 5.41) is 3.35. The second-order valence-corrected chi connectivity index (χ2v) is 5.13. The Kier molecular flexibility index (Phi) is 4.97. The number of hydrogen-bond acceptors (Lipinski definition) is 3. The molecule has 1 fully saturated rings. The number of ether oxygens (including phenoxy) is 1. The molecule has 1 saturated carbocycles. The quantitative estimate of drug-likeness (QED) is 0.767. The van der Waals surface area contributed by atoms with Crippen LogP contribution in [-0.4, -0.2) is 19.1 Å². The van der Waals surface area contributed by atoms with Gasteiger partial charge in [0.2, 0.25) is 0 Å². The number of carbonyl (C=O) groups is 1. The second-order valence-electron chi connectivity index (χ2n) is 5.13. The molecule has 1 unspecified atom stereocenters. The van der Waals surface area contributed by atoms with Crippen molar-refractivity contribution in [2.75, 3.05) is 13.2 Å². The zero-order chi connectivity index (χ0) is 13.7. The monoisotopic (exact) mass is 261 g/mol. The highest BCUT2D eigenvalue weighted by Gasteiger charge is 2.26. The Morgan fingerprint density at radius 2 is 2.00 bits per heavy atom. The van der Waals surface area contributed by atoms with Crippen molar-refractivity contribution < 1.29 is 9.53 Å². The smallest absolute Gasteiger partial charge is 0.327 e. The van der Waals surface area contributed by atoms with Gasteiger partial charge in [0.25, 0.3) is 0 Å². The van der Waals surface area contributed by atoms with Gasteiger partial charge in [-0.05, 0) is 49.8 Å². The van der Waals surface area contributed by atoms with Gasteiger partial charge in [-0.3, -0.25) is 0 Å². The summed E-state index contributed by atoms with van der Waals surface area (Å²) in [5.74, 6) is 0.569. The number of rotatable bonds is 7. The highest BCUT2D eigenvalue weighted by Crippen LogP contribution is 2.29. The summed E-state index contributed by atoms with van der Waals surface area (Å²) in [6.45, 7) is 5.30. The molecule has 0 saturated heterocycles. The predicted octanol–water partition coefficient (Wildman–Crippen LogP) is 2.85. The van der Waals surface area contributed by atoms with Crippen LogP contribution in [0, 0.1) is 5.92 Å². The minimum atomic E-state index is -0.327. The van der Waals surface area contributed by atoms with E-state index in [1.165, 1.54) is 18.4 Å². The molecule has 0 amide bonds. The molecule has 0 spiro atoms. The van der Waals surface area contributed by atoms with Gasteiger partial charge in [0.05, 0.1) is 6.61 Å². The third kappa shape index (κ3) is 4.06. The highest BCUT2D eigenvalue weighted by atomic mass is 16.5. The first-order valence-corrected chi connectivity index (χ1v) is 7.23. The van der Waals surface area contributed by atoms with Crippen molar-refractivity contribution in [3.05, 3.63) is 35.4 Å². The van der Waals surface area contributed by atoms with Crippen LogP contribution in [0.2, 0.25) is 0 Å². The maximum absolute atomic E-state index is 12.0. The molecule has 104 valence electrons. The van der Waals surface area contributed by atoms with Gasteiger partial charge in [-0.15, -0.1) is 0 Å². The molecule has 3 nitrogen and oxygen atoms in total. The van der Waals surface area contributed by atoms with Crippen molar-refractivity contribution in [3.8, 4) is 0 Å². The lowest BCUT2D eigenvalue weighted by atomic mass is 10.0. The molecule has 1 N–H and O–H groups in total. The van der Waals surface area contributed by atoms with E-state index in [0.717, 1.165) is 24.4 Å². The Bertz CT molecular complexity index is 409. The lowest BCUT2D eigenvalue weighted by Gasteiger charge is -2.18. The van der Waals surface area contributed by atoms with E-state index in [4.69, 9.17) is 4.74 Å². The average molecular weight is 261 g/mol. The zero-order valence-corrected chi connectivity index (χ0v) is 11.8. The fraction of sp³-hybridized carbons (Fsp3) is 0.562. The van der Waals surface area contributed by atoms with E-state index in [1.54, 1.807) is 0 Å². The second kappa shape index (κ2) is 6.71. The van der Waals surface area contributed by atoms with Gasteiger partial charge in [-0.25, -0.2) is 4.79 Å². The molecule has 3 heteroatoms. The third-order valence-corrected chi connectivity index (χ3v) is 3.55. The molecular formula is C16H23NO2. The topological polar surface area (TPSA) is 38.3 Å². The molecule has 1 aromatic rings. The highest BCUT2D eigenvalue weighted by molar-refractivity contribution is 5.77. The van der Waals surface area contributed by atoms with E-state index in [1.807, 2.05) is 19.1 Å². The molecule has 0 bridgehead atoms. The van der Waals surface area contributed by atoms with Crippen LogP contribution < -0.4 is 5.32 Å². The molecule has 0 aliphatic heterocycles. The van der Waals surface area contributed by atoms with Crippen LogP contribution in [0.4, 0.5) is 0 Å². The molecular weight excluding hydrogens is 238 g/mol. The molecule has 1 atom stereocenters. The molecule has 2 rings (SSSR count). The Hall–Kier alpha value is -1.35. The standard InChI is InChI=1S/C16H23NO2/c1-3-12-7-9-14(10-8-12)15(16(18)19-4-2)17-11-13-5-6-13/h7-10,13,15,17H,3-6,11H2,1-2H3. The fourth-order valence-corrected chi connectivity index (χ4v) is 2.12. The molecule has 0 aromatic heterocycles. The Morgan fingerprint density at radius 1 is 1.32 bits per heavy atom. The summed E-state index contributed by atoms with van der Waals surface area (Å²) in [4.78, 5) is 12.0. The maximum atomic E-state index is 12.0. The largest absolute Gasteiger partial charge is 0.465 e. The summed E-state index contributed by atoms with van der Waals surface area (Å²) in [5.41, 5.74) is 2.28. The van der Waals surface area contributed by atoms with Crippen LogP contribution in [0.25, 0.3) is 0 Å². The van der Waals surface area contributed by atoms with Crippen molar-refractivity contribution in [2.45, 2.75) is 39.2 Å². The normalized spacial score (nSPS) is 16.1. The van der Waals surface area contributed by atoms with Gasteiger partial charge in [0.15, 0.2) is 0 Å². The first-order chi connectivity index (χ1) is 9.24. The fourth-order valence-electron chi connectivity index (χ4n) is 2.12. The van der Waals surface area contributed by atoms with E-state index in [0.29, 0.717) is 6.61 Å². The lowest BCUT2D eigenvalue weighted by molar-refractivity contribution is -0.145. The van der Waals surface area contributed by atoms with E-state index < -0.39 is 0 Å². The van der Waals surface area contributed by atoms with E-state index >= 15 is 0 Å².